The standard InChI is InChI=1S/C19H34/c1-3-5-7-9-11-13-15-17-19-18-16-14-12-10-8-6-4-2/h11,13-14,16-17,19H,3-10,12,15,18H2,1-2H3/b13-11?,16-14-,19-17?. The Kier molecular flexibility index (Phi) is 16.5. The van der Waals surface area contributed by atoms with E-state index in [-0.39, 0.29) is 0 Å². The molecule has 0 saturated carbocycles. The van der Waals surface area contributed by atoms with Crippen LogP contribution < -0.4 is 0 Å². The maximum atomic E-state index is 2.33. The lowest BCUT2D eigenvalue weighted by molar-refractivity contribution is 0.674. The Hall–Kier alpha value is -0.780. The molecule has 0 aromatic carbocycles. The molecule has 0 aromatic heterocycles. The summed E-state index contributed by atoms with van der Waals surface area (Å²) >= 11 is 0. The summed E-state index contributed by atoms with van der Waals surface area (Å²) in [6.45, 7) is 4.52. The molecule has 0 heteroatoms. The topological polar surface area (TPSA) is 0 Å². The Morgan fingerprint density at radius 1 is 0.474 bits per heavy atom. The Balaban J connectivity index is 3.26. The van der Waals surface area contributed by atoms with Crippen LogP contribution in [0.3, 0.4) is 0 Å². The van der Waals surface area contributed by atoms with Crippen LogP contribution in [0.15, 0.2) is 36.5 Å². The van der Waals surface area contributed by atoms with Crippen molar-refractivity contribution in [2.45, 2.75) is 84.5 Å². The van der Waals surface area contributed by atoms with Gasteiger partial charge in [0, 0.05) is 0 Å². The van der Waals surface area contributed by atoms with Gasteiger partial charge in [0.05, 0.1) is 0 Å². The van der Waals surface area contributed by atoms with Crippen molar-refractivity contribution in [3.8, 4) is 0 Å². The van der Waals surface area contributed by atoms with Gasteiger partial charge in [-0.3, -0.25) is 0 Å². The van der Waals surface area contributed by atoms with Crippen molar-refractivity contribution in [1.82, 2.24) is 0 Å². The van der Waals surface area contributed by atoms with Gasteiger partial charge in [-0.05, 0) is 38.5 Å². The molecule has 19 heavy (non-hydrogen) atoms. The SMILES string of the molecule is CCCCCC=CCC=CC/C=C\CCCCCC. The van der Waals surface area contributed by atoms with E-state index in [4.69, 9.17) is 0 Å². The van der Waals surface area contributed by atoms with Crippen molar-refractivity contribution in [3.63, 3.8) is 0 Å². The van der Waals surface area contributed by atoms with Gasteiger partial charge in [0.25, 0.3) is 0 Å². The molecule has 110 valence electrons. The van der Waals surface area contributed by atoms with Crippen molar-refractivity contribution in [1.29, 1.82) is 0 Å². The second-order valence-corrected chi connectivity index (χ2v) is 5.23. The summed E-state index contributed by atoms with van der Waals surface area (Å²) in [6.07, 6.45) is 28.0. The van der Waals surface area contributed by atoms with Gasteiger partial charge >= 0.3 is 0 Å². The van der Waals surface area contributed by atoms with Gasteiger partial charge in [0.1, 0.15) is 0 Å². The lowest BCUT2D eigenvalue weighted by Gasteiger charge is -1.93. The average Bonchev–Trinajstić information content (AvgIpc) is 2.43. The Morgan fingerprint density at radius 2 is 0.895 bits per heavy atom. The molecule has 0 fully saturated rings. The molecule has 0 atom stereocenters. The molecule has 0 rings (SSSR count). The van der Waals surface area contributed by atoms with E-state index in [0.717, 1.165) is 12.8 Å². The van der Waals surface area contributed by atoms with Crippen molar-refractivity contribution in [3.05, 3.63) is 36.5 Å². The second-order valence-electron chi connectivity index (χ2n) is 5.23. The van der Waals surface area contributed by atoms with Crippen molar-refractivity contribution in [2.24, 2.45) is 0 Å². The molecule has 0 amide bonds. The molecule has 0 spiro atoms. The Bertz CT molecular complexity index is 232. The summed E-state index contributed by atoms with van der Waals surface area (Å²) in [6, 6.07) is 0. The third-order valence-corrected chi connectivity index (χ3v) is 3.24. The number of rotatable bonds is 13. The molecular formula is C19H34. The number of unbranched alkanes of at least 4 members (excludes halogenated alkanes) is 7. The minimum atomic E-state index is 1.09. The van der Waals surface area contributed by atoms with E-state index in [1.54, 1.807) is 0 Å². The van der Waals surface area contributed by atoms with Crippen molar-refractivity contribution in [2.75, 3.05) is 0 Å². The van der Waals surface area contributed by atoms with Crippen LogP contribution in [0.25, 0.3) is 0 Å². The minimum Gasteiger partial charge on any atom is -0.0882 e. The summed E-state index contributed by atoms with van der Waals surface area (Å²) in [7, 11) is 0. The summed E-state index contributed by atoms with van der Waals surface area (Å²) in [5, 5.41) is 0. The van der Waals surface area contributed by atoms with Gasteiger partial charge in [-0.25, -0.2) is 0 Å². The van der Waals surface area contributed by atoms with Crippen molar-refractivity contribution >= 4 is 0 Å². The lowest BCUT2D eigenvalue weighted by Crippen LogP contribution is -1.73. The molecule has 0 aliphatic carbocycles. The Labute approximate surface area is 121 Å². The predicted octanol–water partition coefficient (Wildman–Crippen LogP) is 6.99. The second kappa shape index (κ2) is 17.2. The minimum absolute atomic E-state index is 1.09. The number of hydrogen-bond acceptors (Lipinski definition) is 0. The summed E-state index contributed by atoms with van der Waals surface area (Å²) in [5.41, 5.74) is 0. The Morgan fingerprint density at radius 3 is 1.42 bits per heavy atom. The molecule has 0 N–H and O–H groups in total. The first-order chi connectivity index (χ1) is 9.41. The first-order valence-corrected chi connectivity index (χ1v) is 8.36. The molecule has 0 nitrogen and oxygen atoms in total. The molecule has 0 radical (unpaired) electrons. The van der Waals surface area contributed by atoms with Gasteiger partial charge in [-0.15, -0.1) is 0 Å². The van der Waals surface area contributed by atoms with Gasteiger partial charge in [-0.1, -0.05) is 82.4 Å². The first-order valence-electron chi connectivity index (χ1n) is 8.36. The van der Waals surface area contributed by atoms with Gasteiger partial charge in [0.15, 0.2) is 0 Å². The lowest BCUT2D eigenvalue weighted by atomic mass is 10.1. The van der Waals surface area contributed by atoms with E-state index in [1.165, 1.54) is 57.8 Å². The first kappa shape index (κ1) is 18.2. The average molecular weight is 262 g/mol. The van der Waals surface area contributed by atoms with Crippen LogP contribution in [0.5, 0.6) is 0 Å². The fourth-order valence-corrected chi connectivity index (χ4v) is 1.98. The van der Waals surface area contributed by atoms with Crippen molar-refractivity contribution < 1.29 is 0 Å². The molecule has 0 aliphatic rings. The van der Waals surface area contributed by atoms with Crippen LogP contribution in [0, 0.1) is 0 Å². The zero-order valence-corrected chi connectivity index (χ0v) is 13.2. The highest BCUT2D eigenvalue weighted by Gasteiger charge is 1.83. The highest BCUT2D eigenvalue weighted by Crippen LogP contribution is 2.03. The molecule has 0 saturated heterocycles. The van der Waals surface area contributed by atoms with Gasteiger partial charge < -0.3 is 0 Å². The summed E-state index contributed by atoms with van der Waals surface area (Å²) in [4.78, 5) is 0. The maximum absolute atomic E-state index is 2.33. The molecule has 0 aliphatic heterocycles. The summed E-state index contributed by atoms with van der Waals surface area (Å²) in [5.74, 6) is 0. The predicted molar refractivity (Wildman–Crippen MR) is 89.6 cm³/mol. The molecular weight excluding hydrogens is 228 g/mol. The van der Waals surface area contributed by atoms with E-state index in [2.05, 4.69) is 50.3 Å². The van der Waals surface area contributed by atoms with Crippen LogP contribution in [0.4, 0.5) is 0 Å². The van der Waals surface area contributed by atoms with Crippen LogP contribution >= 0.6 is 0 Å². The summed E-state index contributed by atoms with van der Waals surface area (Å²) < 4.78 is 0. The van der Waals surface area contributed by atoms with Gasteiger partial charge in [0.2, 0.25) is 0 Å². The molecule has 0 bridgehead atoms. The third-order valence-electron chi connectivity index (χ3n) is 3.24. The fraction of sp³-hybridized carbons (Fsp3) is 0.684. The largest absolute Gasteiger partial charge is 0.0882 e. The highest BCUT2D eigenvalue weighted by molar-refractivity contribution is 4.97. The smallest absolute Gasteiger partial charge is 0.0169 e. The van der Waals surface area contributed by atoms with E-state index in [0.29, 0.717) is 0 Å². The number of allylic oxidation sites excluding steroid dienone is 6. The molecule has 0 heterocycles. The van der Waals surface area contributed by atoms with Gasteiger partial charge in [-0.2, -0.15) is 0 Å². The fourth-order valence-electron chi connectivity index (χ4n) is 1.98. The monoisotopic (exact) mass is 262 g/mol. The number of hydrogen-bond donors (Lipinski definition) is 0. The highest BCUT2D eigenvalue weighted by atomic mass is 13.9. The van der Waals surface area contributed by atoms with E-state index >= 15 is 0 Å². The maximum Gasteiger partial charge on any atom is -0.0169 e. The van der Waals surface area contributed by atoms with Crippen LogP contribution in [-0.2, 0) is 0 Å². The zero-order chi connectivity index (χ0) is 14.0. The molecule has 0 aromatic rings. The molecule has 0 unspecified atom stereocenters. The quantitative estimate of drug-likeness (QED) is 0.248. The van der Waals surface area contributed by atoms with E-state index < -0.39 is 0 Å². The van der Waals surface area contributed by atoms with E-state index in [1.807, 2.05) is 0 Å². The normalized spacial score (nSPS) is 12.3. The van der Waals surface area contributed by atoms with E-state index in [9.17, 15) is 0 Å². The van der Waals surface area contributed by atoms with Crippen LogP contribution in [0.2, 0.25) is 0 Å². The third kappa shape index (κ3) is 17.2. The zero-order valence-electron chi connectivity index (χ0n) is 13.2. The van der Waals surface area contributed by atoms with Crippen LogP contribution in [-0.4, -0.2) is 0 Å². The van der Waals surface area contributed by atoms with Crippen LogP contribution in [0.1, 0.15) is 84.5 Å².